The highest BCUT2D eigenvalue weighted by Crippen LogP contribution is 2.30. The summed E-state index contributed by atoms with van der Waals surface area (Å²) >= 11 is 0. The first-order valence-electron chi connectivity index (χ1n) is 9.09. The lowest BCUT2D eigenvalue weighted by atomic mass is 10.3. The second-order valence-electron chi connectivity index (χ2n) is 5.80. The molecule has 142 valence electrons. The van der Waals surface area contributed by atoms with E-state index in [1.54, 1.807) is 21.8 Å². The molecule has 4 rings (SSSR count). The number of hydrogen-bond donors (Lipinski definition) is 0. The van der Waals surface area contributed by atoms with Gasteiger partial charge in [0.15, 0.2) is 11.6 Å². The van der Waals surface area contributed by atoms with E-state index in [-0.39, 0.29) is 0 Å². The third-order valence-corrected chi connectivity index (χ3v) is 3.95. The molecule has 4 aromatic heterocycles. The first-order valence-corrected chi connectivity index (χ1v) is 9.09. The van der Waals surface area contributed by atoms with E-state index in [4.69, 9.17) is 9.47 Å². The van der Waals surface area contributed by atoms with Gasteiger partial charge in [-0.05, 0) is 38.1 Å². The van der Waals surface area contributed by atoms with Crippen molar-refractivity contribution in [3.63, 3.8) is 0 Å². The Kier molecular flexibility index (Phi) is 5.01. The fourth-order valence-corrected chi connectivity index (χ4v) is 2.83. The third-order valence-electron chi connectivity index (χ3n) is 3.95. The van der Waals surface area contributed by atoms with Crippen molar-refractivity contribution in [1.29, 1.82) is 0 Å². The van der Waals surface area contributed by atoms with Crippen LogP contribution in [0.4, 0.5) is 0 Å². The minimum atomic E-state index is 0.509. The van der Waals surface area contributed by atoms with Crippen LogP contribution in [0.15, 0.2) is 60.9 Å². The lowest BCUT2D eigenvalue weighted by molar-refractivity contribution is 0.324. The zero-order valence-electron chi connectivity index (χ0n) is 15.7. The predicted octanol–water partition coefficient (Wildman–Crippen LogP) is 3.31. The van der Waals surface area contributed by atoms with Crippen molar-refractivity contribution in [2.24, 2.45) is 0 Å². The summed E-state index contributed by atoms with van der Waals surface area (Å²) < 4.78 is 14.7. The maximum absolute atomic E-state index is 5.63. The van der Waals surface area contributed by atoms with Crippen LogP contribution in [0.25, 0.3) is 23.0 Å². The summed E-state index contributed by atoms with van der Waals surface area (Å²) in [5.41, 5.74) is 1.54. The lowest BCUT2D eigenvalue weighted by Gasteiger charge is -2.08. The van der Waals surface area contributed by atoms with Gasteiger partial charge in [0.05, 0.1) is 24.6 Å². The first kappa shape index (κ1) is 17.7. The highest BCUT2D eigenvalue weighted by atomic mass is 16.5. The van der Waals surface area contributed by atoms with Crippen molar-refractivity contribution < 1.29 is 9.47 Å². The minimum Gasteiger partial charge on any atom is -0.477 e. The highest BCUT2D eigenvalue weighted by Gasteiger charge is 2.20. The van der Waals surface area contributed by atoms with Crippen molar-refractivity contribution in [1.82, 2.24) is 29.5 Å². The Morgan fingerprint density at radius 2 is 1.18 bits per heavy atom. The van der Waals surface area contributed by atoms with Gasteiger partial charge in [0.2, 0.25) is 11.8 Å². The summed E-state index contributed by atoms with van der Waals surface area (Å²) in [4.78, 5) is 8.85. The van der Waals surface area contributed by atoms with Gasteiger partial charge < -0.3 is 9.47 Å². The molecule has 28 heavy (non-hydrogen) atoms. The van der Waals surface area contributed by atoms with Crippen molar-refractivity contribution in [2.45, 2.75) is 13.8 Å². The zero-order valence-corrected chi connectivity index (χ0v) is 15.7. The Morgan fingerprint density at radius 3 is 1.54 bits per heavy atom. The van der Waals surface area contributed by atoms with E-state index in [1.165, 1.54) is 0 Å². The van der Waals surface area contributed by atoms with Gasteiger partial charge in [0.1, 0.15) is 0 Å². The number of hydrogen-bond acceptors (Lipinski definition) is 6. The van der Waals surface area contributed by atoms with Gasteiger partial charge in [0, 0.05) is 24.5 Å². The smallest absolute Gasteiger partial charge is 0.233 e. The van der Waals surface area contributed by atoms with Crippen LogP contribution in [-0.4, -0.2) is 42.7 Å². The molecular formula is C20H20N6O2. The average Bonchev–Trinajstić information content (AvgIpc) is 3.34. The van der Waals surface area contributed by atoms with Crippen LogP contribution in [-0.2, 0) is 0 Å². The molecule has 0 bridgehead atoms. The van der Waals surface area contributed by atoms with E-state index in [0.29, 0.717) is 36.6 Å². The Balaban J connectivity index is 1.91. The molecule has 0 atom stereocenters. The largest absolute Gasteiger partial charge is 0.477 e. The average molecular weight is 376 g/mol. The van der Waals surface area contributed by atoms with E-state index in [1.807, 2.05) is 62.4 Å². The fourth-order valence-electron chi connectivity index (χ4n) is 2.83. The minimum absolute atomic E-state index is 0.509. The molecule has 0 radical (unpaired) electrons. The molecular weight excluding hydrogens is 356 g/mol. The van der Waals surface area contributed by atoms with Gasteiger partial charge in [-0.15, -0.1) is 10.2 Å². The normalized spacial score (nSPS) is 10.8. The molecule has 0 amide bonds. The van der Waals surface area contributed by atoms with Crippen molar-refractivity contribution in [3.05, 3.63) is 60.9 Å². The Morgan fingerprint density at radius 1 is 0.714 bits per heavy atom. The SMILES string of the molecule is CCOc1cc(-c2cc(OCC)nn2-c2ccccn2)n(-c2ccccn2)n1. The summed E-state index contributed by atoms with van der Waals surface area (Å²) in [6.45, 7) is 4.88. The summed E-state index contributed by atoms with van der Waals surface area (Å²) in [5.74, 6) is 2.37. The van der Waals surface area contributed by atoms with Crippen molar-refractivity contribution in [3.8, 4) is 34.8 Å². The summed E-state index contributed by atoms with van der Waals surface area (Å²) in [6.07, 6.45) is 3.45. The number of rotatable bonds is 7. The summed E-state index contributed by atoms with van der Waals surface area (Å²) in [7, 11) is 0. The molecule has 4 heterocycles. The molecule has 0 aromatic carbocycles. The monoisotopic (exact) mass is 376 g/mol. The van der Waals surface area contributed by atoms with Crippen LogP contribution >= 0.6 is 0 Å². The predicted molar refractivity (Wildman–Crippen MR) is 104 cm³/mol. The summed E-state index contributed by atoms with van der Waals surface area (Å²) in [6, 6.07) is 15.1. The quantitative estimate of drug-likeness (QED) is 0.492. The number of ether oxygens (including phenoxy) is 2. The third kappa shape index (κ3) is 3.44. The van der Waals surface area contributed by atoms with Crippen LogP contribution in [0.2, 0.25) is 0 Å². The lowest BCUT2D eigenvalue weighted by Crippen LogP contribution is -2.06. The fraction of sp³-hybridized carbons (Fsp3) is 0.200. The molecule has 8 heteroatoms. The maximum Gasteiger partial charge on any atom is 0.233 e. The van der Waals surface area contributed by atoms with Crippen molar-refractivity contribution >= 4 is 0 Å². The second kappa shape index (κ2) is 7.91. The molecule has 0 aliphatic heterocycles. The molecule has 0 spiro atoms. The molecule has 0 aliphatic rings. The molecule has 0 saturated carbocycles. The van der Waals surface area contributed by atoms with Gasteiger partial charge in [-0.1, -0.05) is 12.1 Å². The molecule has 0 N–H and O–H groups in total. The topological polar surface area (TPSA) is 79.9 Å². The Bertz CT molecular complexity index is 958. The molecule has 0 fully saturated rings. The highest BCUT2D eigenvalue weighted by molar-refractivity contribution is 5.62. The number of pyridine rings is 2. The Labute approximate surface area is 162 Å². The van der Waals surface area contributed by atoms with Crippen LogP contribution in [0, 0.1) is 0 Å². The van der Waals surface area contributed by atoms with Gasteiger partial charge in [-0.3, -0.25) is 0 Å². The van der Waals surface area contributed by atoms with Crippen LogP contribution < -0.4 is 9.47 Å². The molecule has 0 unspecified atom stereocenters. The van der Waals surface area contributed by atoms with Crippen LogP contribution in [0.5, 0.6) is 11.8 Å². The second-order valence-corrected chi connectivity index (χ2v) is 5.80. The number of nitrogens with zero attached hydrogens (tertiary/aromatic N) is 6. The first-order chi connectivity index (χ1) is 13.8. The van der Waals surface area contributed by atoms with Gasteiger partial charge >= 0.3 is 0 Å². The standard InChI is InChI=1S/C20H20N6O2/c1-3-27-19-13-15(25(23-19)17-9-5-7-11-21-17)16-14-20(28-4-2)24-26(16)18-10-6-8-12-22-18/h5-14H,3-4H2,1-2H3. The maximum atomic E-state index is 5.63. The van der Waals surface area contributed by atoms with Gasteiger partial charge in [0.25, 0.3) is 0 Å². The Hall–Kier alpha value is -3.68. The zero-order chi connectivity index (χ0) is 19.3. The van der Waals surface area contributed by atoms with Gasteiger partial charge in [-0.25, -0.2) is 19.3 Å². The van der Waals surface area contributed by atoms with E-state index < -0.39 is 0 Å². The van der Waals surface area contributed by atoms with E-state index in [0.717, 1.165) is 11.4 Å². The van der Waals surface area contributed by atoms with Crippen LogP contribution in [0.3, 0.4) is 0 Å². The van der Waals surface area contributed by atoms with E-state index in [2.05, 4.69) is 20.2 Å². The van der Waals surface area contributed by atoms with Crippen molar-refractivity contribution in [2.75, 3.05) is 13.2 Å². The van der Waals surface area contributed by atoms with E-state index >= 15 is 0 Å². The van der Waals surface area contributed by atoms with Gasteiger partial charge in [-0.2, -0.15) is 0 Å². The summed E-state index contributed by atoms with van der Waals surface area (Å²) in [5, 5.41) is 9.13. The molecule has 8 nitrogen and oxygen atoms in total. The number of aromatic nitrogens is 6. The molecule has 0 aliphatic carbocycles. The molecule has 0 saturated heterocycles. The molecule has 4 aromatic rings. The van der Waals surface area contributed by atoms with Crippen LogP contribution in [0.1, 0.15) is 13.8 Å². The van der Waals surface area contributed by atoms with E-state index in [9.17, 15) is 0 Å².